The van der Waals surface area contributed by atoms with Crippen molar-refractivity contribution >= 4 is 27.9 Å². The molecule has 0 fully saturated rings. The Kier molecular flexibility index (Phi) is 7.57. The number of aryl methyl sites for hydroxylation is 1. The van der Waals surface area contributed by atoms with E-state index in [1.807, 2.05) is 0 Å². The lowest BCUT2D eigenvalue weighted by Crippen LogP contribution is -2.30. The molecule has 9 heteroatoms. The molecule has 1 N–H and O–H groups in total. The number of hydrogen-bond donors (Lipinski definition) is 1. The van der Waals surface area contributed by atoms with Gasteiger partial charge in [0.1, 0.15) is 12.4 Å². The van der Waals surface area contributed by atoms with Gasteiger partial charge in [0.05, 0.1) is 0 Å². The molecule has 2 aromatic carbocycles. The van der Waals surface area contributed by atoms with Gasteiger partial charge in [0.25, 0.3) is 0 Å². The third kappa shape index (κ3) is 6.47. The van der Waals surface area contributed by atoms with Crippen LogP contribution in [0.25, 0.3) is 11.8 Å². The maximum absolute atomic E-state index is 13.6. The van der Waals surface area contributed by atoms with Gasteiger partial charge in [-0.25, -0.2) is 17.5 Å². The number of ketones is 1. The number of carbonyl (C=O) groups is 2. The summed E-state index contributed by atoms with van der Waals surface area (Å²) in [6, 6.07) is 16.4. The summed E-state index contributed by atoms with van der Waals surface area (Å²) in [7, 11) is -3.86. The lowest BCUT2D eigenvalue weighted by Gasteiger charge is -2.10. The van der Waals surface area contributed by atoms with E-state index in [2.05, 4.69) is 4.72 Å². The molecule has 3 aromatic rings. The smallest absolute Gasteiger partial charge is 0.321 e. The third-order valence-electron chi connectivity index (χ3n) is 4.82. The fourth-order valence-electron chi connectivity index (χ4n) is 3.27. The molecule has 0 aliphatic rings. The quantitative estimate of drug-likeness (QED) is 0.381. The molecular weight excluding hydrogens is 447 g/mol. The Morgan fingerprint density at radius 2 is 1.79 bits per heavy atom. The van der Waals surface area contributed by atoms with Crippen molar-refractivity contribution in [2.45, 2.75) is 13.8 Å². The molecule has 0 aliphatic heterocycles. The number of aromatic nitrogens is 1. The second-order valence-corrected chi connectivity index (χ2v) is 8.91. The lowest BCUT2D eigenvalue weighted by molar-refractivity contribution is -0.141. The number of ether oxygens (including phenoxy) is 1. The van der Waals surface area contributed by atoms with E-state index >= 15 is 0 Å². The van der Waals surface area contributed by atoms with Crippen molar-refractivity contribution in [3.63, 3.8) is 0 Å². The first-order valence-electron chi connectivity index (χ1n) is 10.0. The third-order valence-corrected chi connectivity index (χ3v) is 5.86. The normalized spacial score (nSPS) is 11.6. The molecule has 0 amide bonds. The van der Waals surface area contributed by atoms with E-state index in [0.717, 1.165) is 5.41 Å². The summed E-state index contributed by atoms with van der Waals surface area (Å²) in [4.78, 5) is 24.5. The van der Waals surface area contributed by atoms with Gasteiger partial charge in [-0.2, -0.15) is 0 Å². The molecule has 172 valence electrons. The first-order chi connectivity index (χ1) is 15.7. The first-order valence-corrected chi connectivity index (χ1v) is 11.6. The molecule has 0 bridgehead atoms. The summed E-state index contributed by atoms with van der Waals surface area (Å²) in [5, 5.41) is 0.946. The van der Waals surface area contributed by atoms with E-state index in [9.17, 15) is 22.4 Å². The summed E-state index contributed by atoms with van der Waals surface area (Å²) in [6.07, 6.45) is 1.39. The highest BCUT2D eigenvalue weighted by atomic mass is 32.2. The Bertz CT molecular complexity index is 1300. The average molecular weight is 471 g/mol. The standard InChI is InChI=1S/C24H23FN2O5S/c1-17-13-22(18(2)27(17)21-10-6-9-20(25)14-21)23(28)16-32-24(29)15-26-33(30,31)12-11-19-7-4-3-5-8-19/h3-14,26H,15-16H2,1-2H3/b12-11+. The zero-order valence-electron chi connectivity index (χ0n) is 18.1. The maximum Gasteiger partial charge on any atom is 0.321 e. The minimum atomic E-state index is -3.86. The van der Waals surface area contributed by atoms with E-state index in [1.165, 1.54) is 18.2 Å². The van der Waals surface area contributed by atoms with Gasteiger partial charge in [0.15, 0.2) is 6.61 Å². The van der Waals surface area contributed by atoms with Crippen molar-refractivity contribution in [3.8, 4) is 5.69 Å². The van der Waals surface area contributed by atoms with Crippen molar-refractivity contribution in [2.24, 2.45) is 0 Å². The Labute approximate surface area is 191 Å². The van der Waals surface area contributed by atoms with Crippen LogP contribution < -0.4 is 4.72 Å². The fraction of sp³-hybridized carbons (Fsp3) is 0.167. The van der Waals surface area contributed by atoms with Crippen LogP contribution >= 0.6 is 0 Å². The molecule has 7 nitrogen and oxygen atoms in total. The van der Waals surface area contributed by atoms with Crippen LogP contribution in [0.15, 0.2) is 66.1 Å². The number of esters is 1. The minimum Gasteiger partial charge on any atom is -0.456 e. The second-order valence-electron chi connectivity index (χ2n) is 7.26. The van der Waals surface area contributed by atoms with Crippen LogP contribution in [0.4, 0.5) is 4.39 Å². The van der Waals surface area contributed by atoms with Crippen molar-refractivity contribution < 1.29 is 27.1 Å². The molecule has 33 heavy (non-hydrogen) atoms. The van der Waals surface area contributed by atoms with E-state index in [0.29, 0.717) is 28.2 Å². The number of carbonyl (C=O) groups excluding carboxylic acids is 2. The molecule has 0 saturated heterocycles. The van der Waals surface area contributed by atoms with E-state index in [-0.39, 0.29) is 0 Å². The summed E-state index contributed by atoms with van der Waals surface area (Å²) >= 11 is 0. The summed E-state index contributed by atoms with van der Waals surface area (Å²) in [6.45, 7) is 2.32. The van der Waals surface area contributed by atoms with E-state index < -0.39 is 40.7 Å². The Morgan fingerprint density at radius 1 is 1.06 bits per heavy atom. The highest BCUT2D eigenvalue weighted by Crippen LogP contribution is 2.22. The van der Waals surface area contributed by atoms with Crippen LogP contribution in [0.1, 0.15) is 27.3 Å². The van der Waals surface area contributed by atoms with Crippen LogP contribution in [0.5, 0.6) is 0 Å². The fourth-order valence-corrected chi connectivity index (χ4v) is 4.02. The number of Topliss-reactive ketones (excluding diaryl/α,β-unsaturated/α-hetero) is 1. The van der Waals surface area contributed by atoms with Crippen molar-refractivity contribution in [2.75, 3.05) is 13.2 Å². The summed E-state index contributed by atoms with van der Waals surface area (Å²) < 4.78 is 46.4. The van der Waals surface area contributed by atoms with Crippen LogP contribution in [0.2, 0.25) is 0 Å². The predicted molar refractivity (Wildman–Crippen MR) is 123 cm³/mol. The van der Waals surface area contributed by atoms with Gasteiger partial charge >= 0.3 is 5.97 Å². The molecule has 3 rings (SSSR count). The van der Waals surface area contributed by atoms with Crippen molar-refractivity contribution in [1.82, 2.24) is 9.29 Å². The molecule has 0 unspecified atom stereocenters. The van der Waals surface area contributed by atoms with Crippen LogP contribution in [0, 0.1) is 19.7 Å². The number of sulfonamides is 1. The lowest BCUT2D eigenvalue weighted by atomic mass is 10.1. The Morgan fingerprint density at radius 3 is 2.48 bits per heavy atom. The number of rotatable bonds is 9. The number of nitrogens with one attached hydrogen (secondary N) is 1. The maximum atomic E-state index is 13.6. The summed E-state index contributed by atoms with van der Waals surface area (Å²) in [5.41, 5.74) is 2.87. The number of hydrogen-bond acceptors (Lipinski definition) is 5. The molecule has 1 heterocycles. The monoisotopic (exact) mass is 470 g/mol. The van der Waals surface area contributed by atoms with Gasteiger partial charge in [0.2, 0.25) is 15.8 Å². The Balaban J connectivity index is 1.57. The highest BCUT2D eigenvalue weighted by Gasteiger charge is 2.19. The molecule has 0 atom stereocenters. The molecule has 0 spiro atoms. The SMILES string of the molecule is Cc1cc(C(=O)COC(=O)CNS(=O)(=O)/C=C/c2ccccc2)c(C)n1-c1cccc(F)c1. The van der Waals surface area contributed by atoms with Crippen LogP contribution in [-0.2, 0) is 19.6 Å². The molecular formula is C24H23FN2O5S. The van der Waals surface area contributed by atoms with Crippen molar-refractivity contribution in [3.05, 3.63) is 94.4 Å². The zero-order chi connectivity index (χ0) is 24.0. The minimum absolute atomic E-state index is 0.330. The van der Waals surface area contributed by atoms with Gasteiger partial charge < -0.3 is 9.30 Å². The van der Waals surface area contributed by atoms with E-state index in [4.69, 9.17) is 4.74 Å². The average Bonchev–Trinajstić information content (AvgIpc) is 3.09. The van der Waals surface area contributed by atoms with Gasteiger partial charge in [-0.05, 0) is 49.8 Å². The second kappa shape index (κ2) is 10.4. The van der Waals surface area contributed by atoms with E-state index in [1.54, 1.807) is 66.9 Å². The first kappa shape index (κ1) is 24.1. The number of halogens is 1. The Hall–Kier alpha value is -3.56. The van der Waals surface area contributed by atoms with Crippen molar-refractivity contribution in [1.29, 1.82) is 0 Å². The predicted octanol–water partition coefficient (Wildman–Crippen LogP) is 3.55. The topological polar surface area (TPSA) is 94.5 Å². The molecule has 0 radical (unpaired) electrons. The summed E-state index contributed by atoms with van der Waals surface area (Å²) in [5.74, 6) is -1.74. The van der Waals surface area contributed by atoms with Gasteiger partial charge in [-0.3, -0.25) is 9.59 Å². The molecule has 1 aromatic heterocycles. The largest absolute Gasteiger partial charge is 0.456 e. The molecule has 0 aliphatic carbocycles. The zero-order valence-corrected chi connectivity index (χ0v) is 18.9. The van der Waals surface area contributed by atoms with Gasteiger partial charge in [0, 0.05) is 28.0 Å². The van der Waals surface area contributed by atoms with Gasteiger partial charge in [-0.1, -0.05) is 36.4 Å². The number of benzene rings is 2. The van der Waals surface area contributed by atoms with Gasteiger partial charge in [-0.15, -0.1) is 0 Å². The molecule has 0 saturated carbocycles. The van der Waals surface area contributed by atoms with Crippen LogP contribution in [-0.4, -0.2) is 37.9 Å². The highest BCUT2D eigenvalue weighted by molar-refractivity contribution is 7.92. The van der Waals surface area contributed by atoms with Crippen LogP contribution in [0.3, 0.4) is 0 Å². The number of nitrogens with zero attached hydrogens (tertiary/aromatic N) is 1.